The Morgan fingerprint density at radius 3 is 2.18 bits per heavy atom. The summed E-state index contributed by atoms with van der Waals surface area (Å²) < 4.78 is 18.4. The molecule has 0 aromatic rings. The van der Waals surface area contributed by atoms with E-state index >= 15 is 0 Å². The summed E-state index contributed by atoms with van der Waals surface area (Å²) in [5.74, 6) is 0. The minimum Gasteiger partial charge on any atom is -0.450 e. The van der Waals surface area contributed by atoms with Gasteiger partial charge >= 0.3 is 14.0 Å². The number of rotatable bonds is 7. The highest BCUT2D eigenvalue weighted by Crippen LogP contribution is 2.36. The summed E-state index contributed by atoms with van der Waals surface area (Å²) in [7, 11) is -4.87. The molecule has 11 heteroatoms. The van der Waals surface area contributed by atoms with Crippen LogP contribution >= 0.6 is 7.82 Å². The van der Waals surface area contributed by atoms with E-state index in [1.54, 1.807) is 0 Å². The summed E-state index contributed by atoms with van der Waals surface area (Å²) in [6.07, 6.45) is -7.21. The summed E-state index contributed by atoms with van der Waals surface area (Å²) in [5.41, 5.74) is 0. The Kier molecular flexibility index (Phi) is 6.57. The molecule has 3 atom stereocenters. The van der Waals surface area contributed by atoms with Crippen molar-refractivity contribution in [3.63, 3.8) is 0 Å². The SMILES string of the molecule is O=C(O)O[C@H](COP(=O)(O)O)[C@H](O)[C@H](O)CO. The molecule has 0 heterocycles. The van der Waals surface area contributed by atoms with Gasteiger partial charge in [0, 0.05) is 0 Å². The predicted molar refractivity (Wildman–Crippen MR) is 50.0 cm³/mol. The van der Waals surface area contributed by atoms with Crippen LogP contribution in [-0.4, -0.2) is 67.9 Å². The second kappa shape index (κ2) is 6.87. The van der Waals surface area contributed by atoms with Crippen molar-refractivity contribution in [1.29, 1.82) is 0 Å². The number of ether oxygens (including phenoxy) is 1. The van der Waals surface area contributed by atoms with E-state index in [2.05, 4.69) is 9.26 Å². The fourth-order valence-electron chi connectivity index (χ4n) is 0.858. The Hall–Kier alpha value is -0.740. The van der Waals surface area contributed by atoms with Gasteiger partial charge < -0.3 is 34.9 Å². The quantitative estimate of drug-likeness (QED) is 0.222. The Morgan fingerprint density at radius 1 is 1.29 bits per heavy atom. The zero-order chi connectivity index (χ0) is 13.6. The molecule has 0 spiro atoms. The van der Waals surface area contributed by atoms with Gasteiger partial charge in [-0.25, -0.2) is 9.36 Å². The Morgan fingerprint density at radius 2 is 1.82 bits per heavy atom. The van der Waals surface area contributed by atoms with Crippen molar-refractivity contribution >= 4 is 14.0 Å². The maximum Gasteiger partial charge on any atom is 0.506 e. The number of carboxylic acid groups (broad SMARTS) is 1. The number of phosphoric ester groups is 1. The van der Waals surface area contributed by atoms with E-state index in [4.69, 9.17) is 25.1 Å². The zero-order valence-corrected chi connectivity index (χ0v) is 9.30. The van der Waals surface area contributed by atoms with Crippen LogP contribution in [0, 0.1) is 0 Å². The second-order valence-electron chi connectivity index (χ2n) is 2.95. The van der Waals surface area contributed by atoms with Gasteiger partial charge in [0.25, 0.3) is 0 Å². The van der Waals surface area contributed by atoms with Crippen LogP contribution in [0.3, 0.4) is 0 Å². The van der Waals surface area contributed by atoms with Crippen molar-refractivity contribution < 1.29 is 48.8 Å². The summed E-state index contributed by atoms with van der Waals surface area (Å²) in [6, 6.07) is 0. The third-order valence-electron chi connectivity index (χ3n) is 1.62. The van der Waals surface area contributed by atoms with E-state index in [9.17, 15) is 14.5 Å². The monoisotopic (exact) mass is 276 g/mol. The minimum absolute atomic E-state index is 0.892. The van der Waals surface area contributed by atoms with Crippen LogP contribution in [0.2, 0.25) is 0 Å². The van der Waals surface area contributed by atoms with Crippen molar-refractivity contribution in [2.45, 2.75) is 18.3 Å². The highest BCUT2D eigenvalue weighted by molar-refractivity contribution is 7.46. The largest absolute Gasteiger partial charge is 0.506 e. The Labute approximate surface area is 95.3 Å². The van der Waals surface area contributed by atoms with Gasteiger partial charge in [0.2, 0.25) is 0 Å². The first-order valence-corrected chi connectivity index (χ1v) is 5.77. The molecular weight excluding hydrogens is 263 g/mol. The second-order valence-corrected chi connectivity index (χ2v) is 4.19. The van der Waals surface area contributed by atoms with Crippen LogP contribution < -0.4 is 0 Å². The number of hydrogen-bond donors (Lipinski definition) is 6. The maximum absolute atomic E-state index is 10.4. The Bertz CT molecular complexity index is 287. The van der Waals surface area contributed by atoms with Gasteiger partial charge in [-0.3, -0.25) is 4.52 Å². The standard InChI is InChI=1S/C6H13O10P/c7-1-3(8)5(9)4(16-6(10)11)2-15-17(12,13)14/h3-5,7-9H,1-2H2,(H,10,11)(H2,12,13,14)/t3-,4-,5-/m1/s1. The van der Waals surface area contributed by atoms with Gasteiger partial charge in [0.1, 0.15) is 12.2 Å². The van der Waals surface area contributed by atoms with Gasteiger partial charge in [-0.1, -0.05) is 0 Å². The zero-order valence-electron chi connectivity index (χ0n) is 8.41. The number of carbonyl (C=O) groups is 1. The van der Waals surface area contributed by atoms with Crippen molar-refractivity contribution in [2.24, 2.45) is 0 Å². The third kappa shape index (κ3) is 7.23. The summed E-state index contributed by atoms with van der Waals surface area (Å²) >= 11 is 0. The van der Waals surface area contributed by atoms with Gasteiger partial charge in [-0.2, -0.15) is 0 Å². The third-order valence-corrected chi connectivity index (χ3v) is 2.11. The molecule has 0 bridgehead atoms. The first-order valence-electron chi connectivity index (χ1n) is 4.24. The van der Waals surface area contributed by atoms with E-state index in [1.807, 2.05) is 0 Å². The fraction of sp³-hybridized carbons (Fsp3) is 0.833. The van der Waals surface area contributed by atoms with E-state index < -0.39 is 45.5 Å². The molecule has 17 heavy (non-hydrogen) atoms. The van der Waals surface area contributed by atoms with Crippen LogP contribution in [0.1, 0.15) is 0 Å². The summed E-state index contributed by atoms with van der Waals surface area (Å²) in [6.45, 7) is -1.87. The lowest BCUT2D eigenvalue weighted by atomic mass is 10.1. The lowest BCUT2D eigenvalue weighted by Gasteiger charge is -2.24. The molecule has 0 saturated heterocycles. The molecule has 102 valence electrons. The average Bonchev–Trinajstić information content (AvgIpc) is 2.20. The van der Waals surface area contributed by atoms with Crippen molar-refractivity contribution in [2.75, 3.05) is 13.2 Å². The molecule has 0 saturated carbocycles. The predicted octanol–water partition coefficient (Wildman–Crippen LogP) is -2.13. The van der Waals surface area contributed by atoms with Gasteiger partial charge in [0.15, 0.2) is 6.10 Å². The summed E-state index contributed by atoms with van der Waals surface area (Å²) in [4.78, 5) is 27.0. The van der Waals surface area contributed by atoms with Crippen molar-refractivity contribution in [3.05, 3.63) is 0 Å². The number of hydrogen-bond acceptors (Lipinski definition) is 7. The molecule has 10 nitrogen and oxygen atoms in total. The van der Waals surface area contributed by atoms with E-state index in [0.29, 0.717) is 0 Å². The normalized spacial score (nSPS) is 17.2. The van der Waals surface area contributed by atoms with E-state index in [-0.39, 0.29) is 0 Å². The average molecular weight is 276 g/mol. The number of aliphatic hydroxyl groups is 3. The van der Waals surface area contributed by atoms with Crippen molar-refractivity contribution in [1.82, 2.24) is 0 Å². The van der Waals surface area contributed by atoms with Crippen LogP contribution in [0.4, 0.5) is 4.79 Å². The highest BCUT2D eigenvalue weighted by atomic mass is 31.2. The molecule has 0 aromatic heterocycles. The lowest BCUT2D eigenvalue weighted by Crippen LogP contribution is -2.44. The molecule has 0 aliphatic heterocycles. The molecule has 0 aliphatic carbocycles. The van der Waals surface area contributed by atoms with Crippen LogP contribution in [0.15, 0.2) is 0 Å². The molecular formula is C6H13O10P. The molecule has 0 unspecified atom stereocenters. The molecule has 0 radical (unpaired) electrons. The molecule has 0 aliphatic rings. The molecule has 6 N–H and O–H groups in total. The van der Waals surface area contributed by atoms with Crippen molar-refractivity contribution in [3.8, 4) is 0 Å². The van der Waals surface area contributed by atoms with Crippen LogP contribution in [-0.2, 0) is 13.8 Å². The summed E-state index contributed by atoms with van der Waals surface area (Å²) in [5, 5.41) is 35.1. The maximum atomic E-state index is 10.4. The number of aliphatic hydroxyl groups excluding tert-OH is 3. The fourth-order valence-corrected chi connectivity index (χ4v) is 1.20. The highest BCUT2D eigenvalue weighted by Gasteiger charge is 2.31. The first kappa shape index (κ1) is 16.3. The Balaban J connectivity index is 4.53. The smallest absolute Gasteiger partial charge is 0.450 e. The van der Waals surface area contributed by atoms with E-state index in [0.717, 1.165) is 0 Å². The first-order chi connectivity index (χ1) is 7.67. The topological polar surface area (TPSA) is 174 Å². The minimum atomic E-state index is -4.87. The van der Waals surface area contributed by atoms with Gasteiger partial charge in [-0.15, -0.1) is 0 Å². The van der Waals surface area contributed by atoms with E-state index in [1.165, 1.54) is 0 Å². The van der Waals surface area contributed by atoms with Crippen LogP contribution in [0.5, 0.6) is 0 Å². The van der Waals surface area contributed by atoms with Gasteiger partial charge in [0.05, 0.1) is 13.2 Å². The van der Waals surface area contributed by atoms with Gasteiger partial charge in [-0.05, 0) is 0 Å². The number of phosphoric acid groups is 1. The molecule has 0 amide bonds. The van der Waals surface area contributed by atoms with Crippen LogP contribution in [0.25, 0.3) is 0 Å². The molecule has 0 fully saturated rings. The lowest BCUT2D eigenvalue weighted by molar-refractivity contribution is -0.0998. The molecule has 0 aromatic carbocycles. The molecule has 0 rings (SSSR count).